The van der Waals surface area contributed by atoms with Crippen molar-refractivity contribution in [2.75, 3.05) is 39.6 Å². The van der Waals surface area contributed by atoms with Gasteiger partial charge < -0.3 is 34.2 Å². The number of phosphoric acid groups is 2. The monoisotopic (exact) mass is 1510 g/mol. The third-order valence-electron chi connectivity index (χ3n) is 17.4. The maximum atomic E-state index is 13.0. The third kappa shape index (κ3) is 80.5. The lowest BCUT2D eigenvalue weighted by Crippen LogP contribution is -2.30. The van der Waals surface area contributed by atoms with E-state index < -0.39 is 91.5 Å². The smallest absolute Gasteiger partial charge is 0.463 e. The summed E-state index contributed by atoms with van der Waals surface area (Å²) in [5.74, 6) is -1.59. The first-order chi connectivity index (χ1) is 51.2. The van der Waals surface area contributed by atoms with Gasteiger partial charge in [-0.2, -0.15) is 0 Å². The number of carbonyl (C=O) groups excluding carboxylic acids is 3. The van der Waals surface area contributed by atoms with Crippen LogP contribution >= 0.6 is 15.6 Å². The van der Waals surface area contributed by atoms with Gasteiger partial charge in [0.05, 0.1) is 26.4 Å². The van der Waals surface area contributed by atoms with Crippen molar-refractivity contribution >= 4 is 33.6 Å². The van der Waals surface area contributed by atoms with Crippen molar-refractivity contribution in [3.63, 3.8) is 0 Å². The summed E-state index contributed by atoms with van der Waals surface area (Å²) in [5, 5.41) is 20.7. The van der Waals surface area contributed by atoms with Crippen molar-refractivity contribution in [2.24, 2.45) is 0 Å². The lowest BCUT2D eigenvalue weighted by atomic mass is 10.0. The first kappa shape index (κ1) is 101. The molecule has 5 unspecified atom stereocenters. The molecule has 16 nitrogen and oxygen atoms in total. The molecule has 0 aliphatic heterocycles. The second-order valence-electron chi connectivity index (χ2n) is 27.5. The number of rotatable bonds is 78. The van der Waals surface area contributed by atoms with Gasteiger partial charge in [-0.05, 0) is 116 Å². The highest BCUT2D eigenvalue weighted by molar-refractivity contribution is 7.47. The molecule has 0 heterocycles. The van der Waals surface area contributed by atoms with E-state index in [-0.39, 0.29) is 19.3 Å². The molecule has 0 aromatic heterocycles. The Bertz CT molecular complexity index is 2440. The Labute approximate surface area is 639 Å². The number of aliphatic hydroxyl groups is 2. The van der Waals surface area contributed by atoms with Gasteiger partial charge in [-0.3, -0.25) is 32.5 Å². The van der Waals surface area contributed by atoms with Gasteiger partial charge in [0.15, 0.2) is 6.10 Å². The standard InChI is InChI=1S/C87H150O16P2/c1-4-7-10-13-16-19-22-25-27-29-31-33-35-36-37-38-39-40-41-42-43-44-46-48-49-51-53-56-58-61-64-67-70-73-85(90)97-76-82(88)77-99-104(93,94)100-78-83(89)79-101-105(95,96)102-81-84(103-87(92)75-72-69-66-63-60-55-24-21-18-15-12-9-6-3)80-98-86(91)74-71-68-65-62-59-57-54-52-50-47-45-34-32-30-28-26-23-20-17-14-11-8-5-2/h7-8,10-11,16-17,19-20,25-28,31-34,36-37,47,50,54,57,82-84,88-89H,4-6,9,12-15,18,21-24,29-30,35,38-46,48-49,51-53,55-56,58-81H2,1-3H3,(H,93,94)(H,95,96)/b10-7-,11-8-,19-16-,20-17-,27-25-,28-26-,33-31-,34-32-,37-36-,50-47-,57-54-. The fraction of sp³-hybridized carbons (Fsp3) is 0.713. The highest BCUT2D eigenvalue weighted by Crippen LogP contribution is 2.45. The molecule has 105 heavy (non-hydrogen) atoms. The average molecular weight is 1510 g/mol. The van der Waals surface area contributed by atoms with Crippen molar-refractivity contribution in [1.82, 2.24) is 0 Å². The Balaban J connectivity index is 4.44. The van der Waals surface area contributed by atoms with E-state index in [2.05, 4.69) is 154 Å². The fourth-order valence-corrected chi connectivity index (χ4v) is 12.7. The average Bonchev–Trinajstić information content (AvgIpc) is 0.914. The van der Waals surface area contributed by atoms with E-state index in [9.17, 15) is 43.5 Å². The van der Waals surface area contributed by atoms with Gasteiger partial charge in [0, 0.05) is 19.3 Å². The quantitative estimate of drug-likeness (QED) is 0.0146. The van der Waals surface area contributed by atoms with E-state index in [1.807, 2.05) is 0 Å². The number of phosphoric ester groups is 2. The zero-order chi connectivity index (χ0) is 76.6. The number of esters is 3. The molecule has 0 amide bonds. The molecular formula is C87H150O16P2. The molecule has 0 spiro atoms. The lowest BCUT2D eigenvalue weighted by molar-refractivity contribution is -0.161. The summed E-state index contributed by atoms with van der Waals surface area (Å²) in [5.41, 5.74) is 0. The predicted molar refractivity (Wildman–Crippen MR) is 436 cm³/mol. The van der Waals surface area contributed by atoms with E-state index in [0.717, 1.165) is 141 Å². The Morgan fingerprint density at radius 2 is 0.505 bits per heavy atom. The van der Waals surface area contributed by atoms with Gasteiger partial charge in [0.2, 0.25) is 0 Å². The van der Waals surface area contributed by atoms with Crippen molar-refractivity contribution < 1.29 is 75.8 Å². The van der Waals surface area contributed by atoms with Crippen LogP contribution in [0.5, 0.6) is 0 Å². The lowest BCUT2D eigenvalue weighted by Gasteiger charge is -2.21. The molecule has 0 aromatic rings. The first-order valence-electron chi connectivity index (χ1n) is 41.5. The largest absolute Gasteiger partial charge is 0.472 e. The van der Waals surface area contributed by atoms with Crippen LogP contribution in [0, 0.1) is 0 Å². The van der Waals surface area contributed by atoms with Gasteiger partial charge in [-0.1, -0.05) is 341 Å². The molecule has 604 valence electrons. The Kier molecular flexibility index (Phi) is 76.0. The molecule has 5 atom stereocenters. The van der Waals surface area contributed by atoms with Crippen LogP contribution in [-0.4, -0.2) is 95.9 Å². The maximum Gasteiger partial charge on any atom is 0.472 e. The van der Waals surface area contributed by atoms with Gasteiger partial charge in [0.1, 0.15) is 25.4 Å². The molecule has 0 saturated carbocycles. The minimum absolute atomic E-state index is 0.0996. The van der Waals surface area contributed by atoms with Gasteiger partial charge in [0.25, 0.3) is 0 Å². The number of hydrogen-bond acceptors (Lipinski definition) is 14. The summed E-state index contributed by atoms with van der Waals surface area (Å²) in [6.45, 7) is 2.45. The molecule has 4 N–H and O–H groups in total. The summed E-state index contributed by atoms with van der Waals surface area (Å²) < 4.78 is 61.2. The molecule has 0 rings (SSSR count). The number of hydrogen-bond donors (Lipinski definition) is 4. The second-order valence-corrected chi connectivity index (χ2v) is 30.4. The van der Waals surface area contributed by atoms with Gasteiger partial charge in [-0.15, -0.1) is 0 Å². The molecular weight excluding hydrogens is 1360 g/mol. The fourth-order valence-electron chi connectivity index (χ4n) is 11.1. The van der Waals surface area contributed by atoms with E-state index in [1.54, 1.807) is 0 Å². The van der Waals surface area contributed by atoms with Crippen molar-refractivity contribution in [3.05, 3.63) is 134 Å². The summed E-state index contributed by atoms with van der Waals surface area (Å²) in [4.78, 5) is 58.7. The number of allylic oxidation sites excluding steroid dienone is 22. The Hall–Kier alpha value is -4.31. The van der Waals surface area contributed by atoms with Crippen molar-refractivity contribution in [2.45, 2.75) is 360 Å². The number of ether oxygens (including phenoxy) is 3. The number of carbonyl (C=O) groups is 3. The maximum absolute atomic E-state index is 13.0. The van der Waals surface area contributed by atoms with E-state index in [1.165, 1.54) is 141 Å². The van der Waals surface area contributed by atoms with Crippen LogP contribution < -0.4 is 0 Å². The van der Waals surface area contributed by atoms with Gasteiger partial charge >= 0.3 is 33.6 Å². The first-order valence-corrected chi connectivity index (χ1v) is 44.5. The van der Waals surface area contributed by atoms with E-state index in [4.69, 9.17) is 32.3 Å². The zero-order valence-corrected chi connectivity index (χ0v) is 67.9. The Morgan fingerprint density at radius 3 is 0.800 bits per heavy atom. The highest BCUT2D eigenvalue weighted by Gasteiger charge is 2.29. The van der Waals surface area contributed by atoms with Crippen LogP contribution in [0.3, 0.4) is 0 Å². The molecule has 18 heteroatoms. The second kappa shape index (κ2) is 79.2. The van der Waals surface area contributed by atoms with Crippen LogP contribution in [0.4, 0.5) is 0 Å². The SMILES string of the molecule is CC/C=C\C/C=C\C/C=C\C/C=C\C/C=C\C/C=C\CCCCCCC(=O)OCC(COP(=O)(O)OCC(O)COP(=O)(O)OCC(O)COC(=O)CCCCCCCCCCCCCCCCCCC/C=C\C/C=C\C/C=C\C/C=C\C/C=C\CC)OC(=O)CCCCCCCCCCCCCCC. The van der Waals surface area contributed by atoms with Crippen LogP contribution in [0.2, 0.25) is 0 Å². The molecule has 0 saturated heterocycles. The molecule has 0 aliphatic rings. The van der Waals surface area contributed by atoms with E-state index >= 15 is 0 Å². The van der Waals surface area contributed by atoms with Crippen molar-refractivity contribution in [3.8, 4) is 0 Å². The summed E-state index contributed by atoms with van der Waals surface area (Å²) in [7, 11) is -9.79. The molecule has 0 radical (unpaired) electrons. The summed E-state index contributed by atoms with van der Waals surface area (Å²) >= 11 is 0. The highest BCUT2D eigenvalue weighted by atomic mass is 31.2. The van der Waals surface area contributed by atoms with Gasteiger partial charge in [-0.25, -0.2) is 9.13 Å². The van der Waals surface area contributed by atoms with E-state index in [0.29, 0.717) is 19.3 Å². The topological polar surface area (TPSA) is 231 Å². The molecule has 0 aromatic carbocycles. The molecule has 0 aliphatic carbocycles. The van der Waals surface area contributed by atoms with Crippen LogP contribution in [-0.2, 0) is 55.8 Å². The van der Waals surface area contributed by atoms with Crippen LogP contribution in [0.1, 0.15) is 342 Å². The van der Waals surface area contributed by atoms with Crippen LogP contribution in [0.15, 0.2) is 134 Å². The molecule has 0 bridgehead atoms. The molecule has 0 fully saturated rings. The normalized spacial score (nSPS) is 14.6. The van der Waals surface area contributed by atoms with Crippen molar-refractivity contribution in [1.29, 1.82) is 0 Å². The zero-order valence-electron chi connectivity index (χ0n) is 66.1. The number of unbranched alkanes of at least 4 members (excludes halogenated alkanes) is 33. The number of aliphatic hydroxyl groups excluding tert-OH is 2. The predicted octanol–water partition coefficient (Wildman–Crippen LogP) is 24.7. The summed E-state index contributed by atoms with van der Waals surface area (Å²) in [6.07, 6.45) is 96.6. The third-order valence-corrected chi connectivity index (χ3v) is 19.3. The minimum Gasteiger partial charge on any atom is -0.463 e. The Morgan fingerprint density at radius 1 is 0.276 bits per heavy atom. The van der Waals surface area contributed by atoms with Crippen LogP contribution in [0.25, 0.3) is 0 Å². The summed E-state index contributed by atoms with van der Waals surface area (Å²) in [6, 6.07) is 0. The minimum atomic E-state index is -4.94.